The maximum absolute atomic E-state index is 13.1. The number of likely N-dealkylation sites (tertiary alicyclic amines) is 1. The molecule has 0 unspecified atom stereocenters. The van der Waals surface area contributed by atoms with Gasteiger partial charge in [-0.3, -0.25) is 9.59 Å². The van der Waals surface area contributed by atoms with Gasteiger partial charge in [-0.2, -0.15) is 0 Å². The monoisotopic (exact) mass is 464 g/mol. The van der Waals surface area contributed by atoms with Gasteiger partial charge >= 0.3 is 12.1 Å². The Morgan fingerprint density at radius 3 is 2.18 bits per heavy atom. The van der Waals surface area contributed by atoms with Crippen LogP contribution >= 0.6 is 0 Å². The summed E-state index contributed by atoms with van der Waals surface area (Å²) in [5, 5.41) is 12.3. The van der Waals surface area contributed by atoms with E-state index in [1.165, 1.54) is 0 Å². The predicted molar refractivity (Wildman–Crippen MR) is 128 cm³/mol. The Morgan fingerprint density at radius 1 is 1.09 bits per heavy atom. The van der Waals surface area contributed by atoms with E-state index >= 15 is 0 Å². The van der Waals surface area contributed by atoms with Gasteiger partial charge in [0.1, 0.15) is 6.61 Å². The Balaban J connectivity index is 1.35. The molecular weight excluding hydrogens is 432 g/mol. The molecule has 180 valence electrons. The van der Waals surface area contributed by atoms with Gasteiger partial charge in [0.25, 0.3) is 0 Å². The Kier molecular flexibility index (Phi) is 6.14. The number of benzene rings is 2. The van der Waals surface area contributed by atoms with Crippen molar-refractivity contribution in [2.45, 2.75) is 33.6 Å². The van der Waals surface area contributed by atoms with Crippen molar-refractivity contribution >= 4 is 18.0 Å². The maximum Gasteiger partial charge on any atom is 0.407 e. The fourth-order valence-electron chi connectivity index (χ4n) is 5.03. The van der Waals surface area contributed by atoms with Crippen molar-refractivity contribution in [3.05, 3.63) is 59.7 Å². The summed E-state index contributed by atoms with van der Waals surface area (Å²) < 4.78 is 5.57. The molecule has 2 aromatic rings. The van der Waals surface area contributed by atoms with Crippen LogP contribution in [0, 0.1) is 16.7 Å². The Hall–Kier alpha value is -3.35. The van der Waals surface area contributed by atoms with E-state index in [-0.39, 0.29) is 37.4 Å². The molecule has 4 rings (SSSR count). The third-order valence-corrected chi connectivity index (χ3v) is 7.47. The summed E-state index contributed by atoms with van der Waals surface area (Å²) in [7, 11) is 0. The standard InChI is InChI=1S/C27H32N2O5/c1-17-13-29(16-27(17,4)24(31)32)23(30)26(2,3)15-28-25(33)34-14-22-20-11-7-5-9-18(20)19-10-6-8-12-21(19)22/h5-12,17,22H,13-16H2,1-4H3,(H,28,33)(H,31,32)/t17-,27-/m0/s1. The molecule has 1 aliphatic carbocycles. The van der Waals surface area contributed by atoms with E-state index in [0.29, 0.717) is 6.54 Å². The highest BCUT2D eigenvalue weighted by molar-refractivity contribution is 5.85. The number of carbonyl (C=O) groups excluding carboxylic acids is 2. The van der Waals surface area contributed by atoms with Crippen molar-refractivity contribution in [2.24, 2.45) is 16.7 Å². The first kappa shape index (κ1) is 23.8. The number of alkyl carbamates (subject to hydrolysis) is 1. The number of aliphatic carboxylic acids is 1. The zero-order chi connectivity index (χ0) is 24.7. The third kappa shape index (κ3) is 4.15. The summed E-state index contributed by atoms with van der Waals surface area (Å²) in [6.07, 6.45) is -0.576. The van der Waals surface area contributed by atoms with Gasteiger partial charge in [0.05, 0.1) is 10.8 Å². The highest BCUT2D eigenvalue weighted by Crippen LogP contribution is 2.44. The number of amides is 2. The fraction of sp³-hybridized carbons (Fsp3) is 0.444. The van der Waals surface area contributed by atoms with E-state index in [2.05, 4.69) is 29.6 Å². The smallest absolute Gasteiger partial charge is 0.407 e. The van der Waals surface area contributed by atoms with Crippen LogP contribution in [-0.4, -0.2) is 54.2 Å². The molecule has 1 aliphatic heterocycles. The summed E-state index contributed by atoms with van der Waals surface area (Å²) in [4.78, 5) is 38.9. The van der Waals surface area contributed by atoms with Crippen molar-refractivity contribution < 1.29 is 24.2 Å². The van der Waals surface area contributed by atoms with Crippen molar-refractivity contribution in [3.8, 4) is 11.1 Å². The normalized spacial score (nSPS) is 21.6. The van der Waals surface area contributed by atoms with Crippen LogP contribution in [0.15, 0.2) is 48.5 Å². The first-order valence-corrected chi connectivity index (χ1v) is 11.7. The third-order valence-electron chi connectivity index (χ3n) is 7.47. The lowest BCUT2D eigenvalue weighted by Gasteiger charge is -2.30. The molecule has 2 aromatic carbocycles. The molecule has 2 amide bonds. The van der Waals surface area contributed by atoms with Crippen molar-refractivity contribution in [1.29, 1.82) is 0 Å². The molecule has 0 bridgehead atoms. The lowest BCUT2D eigenvalue weighted by molar-refractivity contribution is -0.149. The lowest BCUT2D eigenvalue weighted by atomic mass is 9.81. The van der Waals surface area contributed by atoms with Gasteiger partial charge in [-0.1, -0.05) is 55.5 Å². The summed E-state index contributed by atoms with van der Waals surface area (Å²) in [6.45, 7) is 7.87. The summed E-state index contributed by atoms with van der Waals surface area (Å²) in [6, 6.07) is 16.3. The number of hydrogen-bond acceptors (Lipinski definition) is 4. The van der Waals surface area contributed by atoms with Crippen LogP contribution in [0.3, 0.4) is 0 Å². The average molecular weight is 465 g/mol. The second-order valence-electron chi connectivity index (χ2n) is 10.4. The van der Waals surface area contributed by atoms with Gasteiger partial charge in [-0.15, -0.1) is 0 Å². The number of nitrogens with one attached hydrogen (secondary N) is 1. The Morgan fingerprint density at radius 2 is 1.65 bits per heavy atom. The van der Waals surface area contributed by atoms with E-state index in [4.69, 9.17) is 4.74 Å². The summed E-state index contributed by atoms with van der Waals surface area (Å²) in [5.74, 6) is -1.26. The topological polar surface area (TPSA) is 95.9 Å². The molecular formula is C27H32N2O5. The largest absolute Gasteiger partial charge is 0.481 e. The van der Waals surface area contributed by atoms with Crippen LogP contribution < -0.4 is 5.32 Å². The van der Waals surface area contributed by atoms with Gasteiger partial charge in [0.2, 0.25) is 5.91 Å². The van der Waals surface area contributed by atoms with Crippen molar-refractivity contribution in [1.82, 2.24) is 10.2 Å². The molecule has 2 atom stereocenters. The zero-order valence-corrected chi connectivity index (χ0v) is 20.1. The van der Waals surface area contributed by atoms with Gasteiger partial charge in [-0.25, -0.2) is 4.79 Å². The SMILES string of the molecule is C[C@H]1CN(C(=O)C(C)(C)CNC(=O)OCC2c3ccccc3-c3ccccc32)C[C@]1(C)C(=O)O. The molecule has 2 N–H and O–H groups in total. The number of nitrogens with zero attached hydrogens (tertiary/aromatic N) is 1. The minimum Gasteiger partial charge on any atom is -0.481 e. The molecule has 0 aromatic heterocycles. The molecule has 0 spiro atoms. The van der Waals surface area contributed by atoms with Gasteiger partial charge < -0.3 is 20.1 Å². The molecule has 0 saturated carbocycles. The molecule has 7 nitrogen and oxygen atoms in total. The summed E-state index contributed by atoms with van der Waals surface area (Å²) >= 11 is 0. The molecule has 34 heavy (non-hydrogen) atoms. The molecule has 2 aliphatic rings. The summed E-state index contributed by atoms with van der Waals surface area (Å²) in [5.41, 5.74) is 2.73. The number of carbonyl (C=O) groups is 3. The Bertz CT molecular complexity index is 1080. The van der Waals surface area contributed by atoms with Gasteiger partial charge in [-0.05, 0) is 48.9 Å². The highest BCUT2D eigenvalue weighted by Gasteiger charge is 2.49. The van der Waals surface area contributed by atoms with Crippen molar-refractivity contribution in [2.75, 3.05) is 26.2 Å². The molecule has 1 fully saturated rings. The van der Waals surface area contributed by atoms with E-state index in [1.54, 1.807) is 25.7 Å². The second-order valence-corrected chi connectivity index (χ2v) is 10.4. The van der Waals surface area contributed by atoms with Crippen molar-refractivity contribution in [3.63, 3.8) is 0 Å². The van der Waals surface area contributed by atoms with Crippen LogP contribution in [0.5, 0.6) is 0 Å². The van der Waals surface area contributed by atoms with Crippen LogP contribution in [0.1, 0.15) is 44.7 Å². The number of fused-ring (bicyclic) bond motifs is 3. The average Bonchev–Trinajstić information content (AvgIpc) is 3.30. The minimum atomic E-state index is -0.966. The quantitative estimate of drug-likeness (QED) is 0.670. The van der Waals surface area contributed by atoms with Gasteiger partial charge in [0, 0.05) is 25.6 Å². The molecule has 7 heteroatoms. The second kappa shape index (κ2) is 8.78. The molecule has 1 heterocycles. The Labute approximate surface area is 200 Å². The number of rotatable bonds is 6. The van der Waals surface area contributed by atoms with Crippen LogP contribution in [0.2, 0.25) is 0 Å². The number of ether oxygens (including phenoxy) is 1. The fourth-order valence-corrected chi connectivity index (χ4v) is 5.03. The van der Waals surface area contributed by atoms with E-state index in [0.717, 1.165) is 22.3 Å². The first-order chi connectivity index (χ1) is 16.0. The van der Waals surface area contributed by atoms with Crippen LogP contribution in [0.4, 0.5) is 4.79 Å². The number of carboxylic acids is 1. The lowest BCUT2D eigenvalue weighted by Crippen LogP contribution is -2.47. The number of carboxylic acid groups (broad SMARTS) is 1. The zero-order valence-electron chi connectivity index (χ0n) is 20.1. The molecule has 0 radical (unpaired) electrons. The molecule has 1 saturated heterocycles. The number of hydrogen-bond donors (Lipinski definition) is 2. The van der Waals surface area contributed by atoms with Gasteiger partial charge in [0.15, 0.2) is 0 Å². The first-order valence-electron chi connectivity index (χ1n) is 11.7. The minimum absolute atomic E-state index is 0.0347. The van der Waals surface area contributed by atoms with E-state index < -0.39 is 22.9 Å². The van der Waals surface area contributed by atoms with E-state index in [1.807, 2.05) is 31.2 Å². The van der Waals surface area contributed by atoms with E-state index in [9.17, 15) is 19.5 Å². The van der Waals surface area contributed by atoms with Crippen LogP contribution in [0.25, 0.3) is 11.1 Å². The predicted octanol–water partition coefficient (Wildman–Crippen LogP) is 4.12. The maximum atomic E-state index is 13.1. The highest BCUT2D eigenvalue weighted by atomic mass is 16.5. The van der Waals surface area contributed by atoms with Crippen LogP contribution in [-0.2, 0) is 14.3 Å².